The molecule has 1 aromatic rings. The zero-order valence-electron chi connectivity index (χ0n) is 13.1. The van der Waals surface area contributed by atoms with Gasteiger partial charge in [-0.1, -0.05) is 33.8 Å². The number of ether oxygens (including phenoxy) is 1. The number of benzene rings is 1. The number of hydrogen-bond donors (Lipinski definition) is 2. The van der Waals surface area contributed by atoms with Gasteiger partial charge in [-0.2, -0.15) is 0 Å². The van der Waals surface area contributed by atoms with Gasteiger partial charge in [-0.3, -0.25) is 0 Å². The van der Waals surface area contributed by atoms with Crippen molar-refractivity contribution in [2.24, 2.45) is 11.7 Å². The molecule has 1 aromatic carbocycles. The average Bonchev–Trinajstić information content (AvgIpc) is 2.38. The van der Waals surface area contributed by atoms with Crippen LogP contribution >= 0.6 is 0 Å². The summed E-state index contributed by atoms with van der Waals surface area (Å²) >= 11 is 0. The van der Waals surface area contributed by atoms with Crippen molar-refractivity contribution in [3.8, 4) is 5.75 Å². The van der Waals surface area contributed by atoms with Crippen molar-refractivity contribution < 1.29 is 4.74 Å². The molecule has 0 bridgehead atoms. The highest BCUT2D eigenvalue weighted by Crippen LogP contribution is 2.34. The fourth-order valence-corrected chi connectivity index (χ4v) is 2.33. The Bertz CT molecular complexity index is 410. The second-order valence-electron chi connectivity index (χ2n) is 6.19. The van der Waals surface area contributed by atoms with E-state index < -0.39 is 0 Å². The Morgan fingerprint density at radius 2 is 1.95 bits per heavy atom. The molecule has 0 fully saturated rings. The molecule has 2 unspecified atom stereocenters. The van der Waals surface area contributed by atoms with Crippen molar-refractivity contribution in [3.63, 3.8) is 0 Å². The van der Waals surface area contributed by atoms with Crippen LogP contribution in [0.1, 0.15) is 44.9 Å². The molecular weight excluding hydrogens is 236 g/mol. The van der Waals surface area contributed by atoms with E-state index in [0.29, 0.717) is 12.5 Å². The van der Waals surface area contributed by atoms with Crippen LogP contribution in [-0.4, -0.2) is 20.7 Å². The van der Waals surface area contributed by atoms with E-state index in [4.69, 9.17) is 10.5 Å². The molecule has 0 aromatic heterocycles. The van der Waals surface area contributed by atoms with Crippen molar-refractivity contribution in [1.29, 1.82) is 0 Å². The highest BCUT2D eigenvalue weighted by molar-refractivity contribution is 5.42. The van der Waals surface area contributed by atoms with Crippen LogP contribution in [0.25, 0.3) is 0 Å². The Hall–Kier alpha value is -1.06. The normalized spacial score (nSPS) is 15.1. The molecule has 0 aliphatic carbocycles. The smallest absolute Gasteiger partial charge is 0.123 e. The lowest BCUT2D eigenvalue weighted by molar-refractivity contribution is 0.372. The van der Waals surface area contributed by atoms with Crippen LogP contribution in [0.2, 0.25) is 0 Å². The van der Waals surface area contributed by atoms with E-state index in [1.54, 1.807) is 7.11 Å². The Morgan fingerprint density at radius 1 is 1.32 bits per heavy atom. The fourth-order valence-electron chi connectivity index (χ4n) is 2.33. The lowest BCUT2D eigenvalue weighted by Gasteiger charge is -2.27. The highest BCUT2D eigenvalue weighted by Gasteiger charge is 2.23. The van der Waals surface area contributed by atoms with Crippen LogP contribution in [0.4, 0.5) is 0 Å². The van der Waals surface area contributed by atoms with Gasteiger partial charge in [-0.25, -0.2) is 0 Å². The van der Waals surface area contributed by atoms with Crippen molar-refractivity contribution in [1.82, 2.24) is 5.32 Å². The molecule has 0 saturated carbocycles. The molecule has 0 heterocycles. The van der Waals surface area contributed by atoms with Gasteiger partial charge in [-0.05, 0) is 42.6 Å². The summed E-state index contributed by atoms with van der Waals surface area (Å²) in [5, 5.41) is 3.36. The highest BCUT2D eigenvalue weighted by atomic mass is 16.5. The molecular formula is C16H28N2O. The number of nitrogens with one attached hydrogen (secondary N) is 1. The van der Waals surface area contributed by atoms with Crippen molar-refractivity contribution in [2.45, 2.75) is 39.2 Å². The Kier molecular flexibility index (Phi) is 5.39. The maximum Gasteiger partial charge on any atom is 0.123 e. The quantitative estimate of drug-likeness (QED) is 0.859. The van der Waals surface area contributed by atoms with Gasteiger partial charge < -0.3 is 15.8 Å². The SMILES string of the molecule is CNC(c1cc(C(C)(C)C)ccc1OC)C(C)CN. The monoisotopic (exact) mass is 264 g/mol. The molecule has 3 N–H and O–H groups in total. The summed E-state index contributed by atoms with van der Waals surface area (Å²) in [6, 6.07) is 6.65. The van der Waals surface area contributed by atoms with Gasteiger partial charge in [0, 0.05) is 11.6 Å². The van der Waals surface area contributed by atoms with Crippen molar-refractivity contribution >= 4 is 0 Å². The predicted octanol–water partition coefficient (Wildman–Crippen LogP) is 2.85. The first-order valence-electron chi connectivity index (χ1n) is 6.90. The summed E-state index contributed by atoms with van der Waals surface area (Å²) in [6.07, 6.45) is 0. The molecule has 19 heavy (non-hydrogen) atoms. The van der Waals surface area contributed by atoms with Crippen molar-refractivity contribution in [2.75, 3.05) is 20.7 Å². The van der Waals surface area contributed by atoms with Crippen molar-refractivity contribution in [3.05, 3.63) is 29.3 Å². The summed E-state index contributed by atoms with van der Waals surface area (Å²) < 4.78 is 5.51. The van der Waals surface area contributed by atoms with Gasteiger partial charge in [0.15, 0.2) is 0 Å². The molecule has 1 rings (SSSR count). The molecule has 0 aliphatic heterocycles. The molecule has 0 amide bonds. The molecule has 0 aliphatic rings. The van der Waals surface area contributed by atoms with Gasteiger partial charge in [0.2, 0.25) is 0 Å². The molecule has 108 valence electrons. The van der Waals surface area contributed by atoms with Crippen LogP contribution in [0.5, 0.6) is 5.75 Å². The first kappa shape index (κ1) is 16.0. The van der Waals surface area contributed by atoms with E-state index in [9.17, 15) is 0 Å². The molecule has 0 saturated heterocycles. The van der Waals surface area contributed by atoms with Crippen LogP contribution in [0, 0.1) is 5.92 Å². The predicted molar refractivity (Wildman–Crippen MR) is 81.7 cm³/mol. The first-order chi connectivity index (χ1) is 8.85. The summed E-state index contributed by atoms with van der Waals surface area (Å²) in [5.74, 6) is 1.28. The van der Waals surface area contributed by atoms with Gasteiger partial charge in [0.1, 0.15) is 5.75 Å². The van der Waals surface area contributed by atoms with E-state index in [2.05, 4.69) is 51.2 Å². The third kappa shape index (κ3) is 3.71. The van der Waals surface area contributed by atoms with E-state index in [0.717, 1.165) is 5.75 Å². The lowest BCUT2D eigenvalue weighted by Crippen LogP contribution is -2.29. The lowest BCUT2D eigenvalue weighted by atomic mass is 9.83. The topological polar surface area (TPSA) is 47.3 Å². The fraction of sp³-hybridized carbons (Fsp3) is 0.625. The molecule has 0 radical (unpaired) electrons. The van der Waals surface area contributed by atoms with Gasteiger partial charge >= 0.3 is 0 Å². The largest absolute Gasteiger partial charge is 0.496 e. The standard InChI is InChI=1S/C16H28N2O/c1-11(10-17)15(18-5)13-9-12(16(2,3)4)7-8-14(13)19-6/h7-9,11,15,18H,10,17H2,1-6H3. The Morgan fingerprint density at radius 3 is 2.37 bits per heavy atom. The van der Waals surface area contributed by atoms with Crippen LogP contribution < -0.4 is 15.8 Å². The van der Waals surface area contributed by atoms with Gasteiger partial charge in [0.25, 0.3) is 0 Å². The van der Waals surface area contributed by atoms with E-state index >= 15 is 0 Å². The van der Waals surface area contributed by atoms with E-state index in [1.807, 2.05) is 7.05 Å². The minimum atomic E-state index is 0.130. The second kappa shape index (κ2) is 6.40. The zero-order valence-corrected chi connectivity index (χ0v) is 13.1. The summed E-state index contributed by atoms with van der Waals surface area (Å²) in [7, 11) is 3.69. The minimum absolute atomic E-state index is 0.130. The van der Waals surface area contributed by atoms with Crippen LogP contribution in [0.3, 0.4) is 0 Å². The third-order valence-corrected chi connectivity index (χ3v) is 3.68. The number of rotatable bonds is 5. The first-order valence-corrected chi connectivity index (χ1v) is 6.90. The maximum atomic E-state index is 5.82. The van der Waals surface area contributed by atoms with Crippen LogP contribution in [-0.2, 0) is 5.41 Å². The second-order valence-corrected chi connectivity index (χ2v) is 6.19. The number of hydrogen-bond acceptors (Lipinski definition) is 3. The third-order valence-electron chi connectivity index (χ3n) is 3.68. The number of nitrogens with two attached hydrogens (primary N) is 1. The maximum absolute atomic E-state index is 5.82. The molecule has 3 heteroatoms. The summed E-state index contributed by atoms with van der Waals surface area (Å²) in [5.41, 5.74) is 8.45. The molecule has 3 nitrogen and oxygen atoms in total. The zero-order chi connectivity index (χ0) is 14.6. The molecule has 0 spiro atoms. The van der Waals surface area contributed by atoms with E-state index in [-0.39, 0.29) is 11.5 Å². The van der Waals surface area contributed by atoms with Gasteiger partial charge in [0.05, 0.1) is 7.11 Å². The summed E-state index contributed by atoms with van der Waals surface area (Å²) in [4.78, 5) is 0. The Balaban J connectivity index is 3.29. The Labute approximate surface area is 117 Å². The van der Waals surface area contributed by atoms with Crippen LogP contribution in [0.15, 0.2) is 18.2 Å². The number of methoxy groups -OCH3 is 1. The summed E-state index contributed by atoms with van der Waals surface area (Å²) in [6.45, 7) is 9.47. The van der Waals surface area contributed by atoms with E-state index in [1.165, 1.54) is 11.1 Å². The average molecular weight is 264 g/mol. The minimum Gasteiger partial charge on any atom is -0.496 e. The van der Waals surface area contributed by atoms with Gasteiger partial charge in [-0.15, -0.1) is 0 Å². The molecule has 2 atom stereocenters.